The summed E-state index contributed by atoms with van der Waals surface area (Å²) in [6.45, 7) is 0.860. The zero-order valence-corrected chi connectivity index (χ0v) is 14.5. The Bertz CT molecular complexity index is 1150. The lowest BCUT2D eigenvalue weighted by Gasteiger charge is -2.13. The Labute approximate surface area is 153 Å². The van der Waals surface area contributed by atoms with Crippen LogP contribution in [0.15, 0.2) is 103 Å². The van der Waals surface area contributed by atoms with Crippen LogP contribution in [0.1, 0.15) is 5.56 Å². The van der Waals surface area contributed by atoms with Gasteiger partial charge in [0.25, 0.3) is 0 Å². The summed E-state index contributed by atoms with van der Waals surface area (Å²) in [6, 6.07) is 36.7. The number of benzene rings is 4. The van der Waals surface area contributed by atoms with E-state index >= 15 is 0 Å². The number of nitrogens with zero attached hydrogens (tertiary/aromatic N) is 1. The number of hydrogen-bond acceptors (Lipinski definition) is 0. The molecule has 0 fully saturated rings. The van der Waals surface area contributed by atoms with Crippen LogP contribution in [0.4, 0.5) is 0 Å². The molecule has 0 saturated carbocycles. The molecular formula is C25H19N. The van der Waals surface area contributed by atoms with Gasteiger partial charge in [0.1, 0.15) is 0 Å². The number of hydrogen-bond donors (Lipinski definition) is 0. The van der Waals surface area contributed by atoms with Crippen molar-refractivity contribution in [3.8, 4) is 11.1 Å². The second-order valence-corrected chi connectivity index (χ2v) is 6.64. The molecule has 1 aromatic heterocycles. The van der Waals surface area contributed by atoms with Gasteiger partial charge in [-0.25, -0.2) is 0 Å². The summed E-state index contributed by atoms with van der Waals surface area (Å²) in [5, 5.41) is 2.64. The lowest BCUT2D eigenvalue weighted by atomic mass is 9.99. The molecule has 0 aliphatic rings. The molecule has 0 spiro atoms. The first kappa shape index (κ1) is 15.0. The molecule has 0 unspecified atom stereocenters. The SMILES string of the molecule is c1ccc(-c2ccccc2Cn2c3ccccc3c3ccccc32)cc1. The van der Waals surface area contributed by atoms with Crippen LogP contribution in [0.5, 0.6) is 0 Å². The van der Waals surface area contributed by atoms with Gasteiger partial charge in [-0.1, -0.05) is 91.0 Å². The lowest BCUT2D eigenvalue weighted by molar-refractivity contribution is 0.871. The van der Waals surface area contributed by atoms with Crippen LogP contribution in [0.3, 0.4) is 0 Å². The van der Waals surface area contributed by atoms with E-state index in [1.54, 1.807) is 0 Å². The first-order valence-corrected chi connectivity index (χ1v) is 9.01. The quantitative estimate of drug-likeness (QED) is 0.355. The van der Waals surface area contributed by atoms with Crippen molar-refractivity contribution < 1.29 is 0 Å². The minimum atomic E-state index is 0.860. The second kappa shape index (κ2) is 6.20. The van der Waals surface area contributed by atoms with Crippen molar-refractivity contribution in [3.05, 3.63) is 109 Å². The molecule has 0 atom stereocenters. The van der Waals surface area contributed by atoms with Gasteiger partial charge in [-0.3, -0.25) is 0 Å². The molecule has 0 amide bonds. The Morgan fingerprint density at radius 3 is 1.73 bits per heavy atom. The Morgan fingerprint density at radius 1 is 0.500 bits per heavy atom. The smallest absolute Gasteiger partial charge is 0.0494 e. The van der Waals surface area contributed by atoms with Gasteiger partial charge in [0.2, 0.25) is 0 Å². The average Bonchev–Trinajstić information content (AvgIpc) is 3.03. The number of fused-ring (bicyclic) bond motifs is 3. The van der Waals surface area contributed by atoms with Crippen LogP contribution in [-0.4, -0.2) is 4.57 Å². The highest BCUT2D eigenvalue weighted by atomic mass is 15.0. The molecule has 0 N–H and O–H groups in total. The normalized spacial score (nSPS) is 11.2. The molecule has 4 aromatic carbocycles. The largest absolute Gasteiger partial charge is 0.336 e. The maximum atomic E-state index is 2.44. The van der Waals surface area contributed by atoms with Gasteiger partial charge in [0, 0.05) is 28.4 Å². The van der Waals surface area contributed by atoms with Crippen LogP contribution in [0.25, 0.3) is 32.9 Å². The fourth-order valence-electron chi connectivity index (χ4n) is 3.90. The zero-order chi connectivity index (χ0) is 17.3. The molecule has 5 rings (SSSR count). The molecule has 0 bridgehead atoms. The monoisotopic (exact) mass is 333 g/mol. The third-order valence-electron chi connectivity index (χ3n) is 5.11. The first-order valence-electron chi connectivity index (χ1n) is 9.01. The predicted molar refractivity (Wildman–Crippen MR) is 110 cm³/mol. The third kappa shape index (κ3) is 2.41. The minimum absolute atomic E-state index is 0.860. The van der Waals surface area contributed by atoms with Crippen molar-refractivity contribution in [1.82, 2.24) is 4.57 Å². The van der Waals surface area contributed by atoms with Gasteiger partial charge in [-0.05, 0) is 28.8 Å². The van der Waals surface area contributed by atoms with Gasteiger partial charge < -0.3 is 4.57 Å². The number of para-hydroxylation sites is 2. The van der Waals surface area contributed by atoms with Gasteiger partial charge >= 0.3 is 0 Å². The predicted octanol–water partition coefficient (Wildman–Crippen LogP) is 6.51. The van der Waals surface area contributed by atoms with Crippen molar-refractivity contribution in [2.75, 3.05) is 0 Å². The van der Waals surface area contributed by atoms with Gasteiger partial charge in [0.15, 0.2) is 0 Å². The van der Waals surface area contributed by atoms with E-state index in [1.807, 2.05) is 0 Å². The van der Waals surface area contributed by atoms with Crippen molar-refractivity contribution in [2.45, 2.75) is 6.54 Å². The van der Waals surface area contributed by atoms with E-state index in [2.05, 4.69) is 108 Å². The second-order valence-electron chi connectivity index (χ2n) is 6.64. The summed E-state index contributed by atoms with van der Waals surface area (Å²) < 4.78 is 2.44. The van der Waals surface area contributed by atoms with Crippen molar-refractivity contribution in [2.24, 2.45) is 0 Å². The molecule has 1 heteroatoms. The van der Waals surface area contributed by atoms with Crippen LogP contribution >= 0.6 is 0 Å². The highest BCUT2D eigenvalue weighted by molar-refractivity contribution is 6.08. The lowest BCUT2D eigenvalue weighted by Crippen LogP contribution is -2.01. The fraction of sp³-hybridized carbons (Fsp3) is 0.0400. The standard InChI is InChI=1S/C25H19N/c1-2-10-19(11-3-1)21-13-5-4-12-20(21)18-26-24-16-8-6-14-22(24)23-15-7-9-17-25(23)26/h1-17H,18H2. The van der Waals surface area contributed by atoms with Crippen molar-refractivity contribution >= 4 is 21.8 Å². The zero-order valence-electron chi connectivity index (χ0n) is 14.5. The summed E-state index contributed by atoms with van der Waals surface area (Å²) >= 11 is 0. The fourth-order valence-corrected chi connectivity index (χ4v) is 3.90. The summed E-state index contributed by atoms with van der Waals surface area (Å²) in [5.41, 5.74) is 6.48. The molecule has 0 saturated heterocycles. The molecular weight excluding hydrogens is 314 g/mol. The molecule has 5 aromatic rings. The van der Waals surface area contributed by atoms with Crippen LogP contribution in [0, 0.1) is 0 Å². The molecule has 0 aliphatic heterocycles. The van der Waals surface area contributed by atoms with E-state index in [0.29, 0.717) is 0 Å². The van der Waals surface area contributed by atoms with Crippen molar-refractivity contribution in [1.29, 1.82) is 0 Å². The number of aromatic nitrogens is 1. The van der Waals surface area contributed by atoms with E-state index in [-0.39, 0.29) is 0 Å². The molecule has 0 radical (unpaired) electrons. The van der Waals surface area contributed by atoms with E-state index in [0.717, 1.165) is 6.54 Å². The maximum Gasteiger partial charge on any atom is 0.0494 e. The maximum absolute atomic E-state index is 2.44. The Balaban J connectivity index is 1.72. The summed E-state index contributed by atoms with van der Waals surface area (Å²) in [7, 11) is 0. The Kier molecular flexibility index (Phi) is 3.57. The molecule has 0 aliphatic carbocycles. The number of rotatable bonds is 3. The average molecular weight is 333 g/mol. The third-order valence-corrected chi connectivity index (χ3v) is 5.11. The highest BCUT2D eigenvalue weighted by Gasteiger charge is 2.12. The van der Waals surface area contributed by atoms with Gasteiger partial charge in [-0.2, -0.15) is 0 Å². The van der Waals surface area contributed by atoms with E-state index in [4.69, 9.17) is 0 Å². The minimum Gasteiger partial charge on any atom is -0.336 e. The van der Waals surface area contributed by atoms with Crippen LogP contribution < -0.4 is 0 Å². The summed E-state index contributed by atoms with van der Waals surface area (Å²) in [4.78, 5) is 0. The molecule has 26 heavy (non-hydrogen) atoms. The Hall–Kier alpha value is -3.32. The summed E-state index contributed by atoms with van der Waals surface area (Å²) in [6.07, 6.45) is 0. The molecule has 124 valence electrons. The summed E-state index contributed by atoms with van der Waals surface area (Å²) in [5.74, 6) is 0. The first-order chi connectivity index (χ1) is 12.9. The Morgan fingerprint density at radius 2 is 1.04 bits per heavy atom. The van der Waals surface area contributed by atoms with Gasteiger partial charge in [-0.15, -0.1) is 0 Å². The van der Waals surface area contributed by atoms with E-state index < -0.39 is 0 Å². The van der Waals surface area contributed by atoms with E-state index in [1.165, 1.54) is 38.5 Å². The van der Waals surface area contributed by atoms with Gasteiger partial charge in [0.05, 0.1) is 0 Å². The van der Waals surface area contributed by atoms with Crippen molar-refractivity contribution in [3.63, 3.8) is 0 Å². The highest BCUT2D eigenvalue weighted by Crippen LogP contribution is 2.31. The van der Waals surface area contributed by atoms with Crippen LogP contribution in [-0.2, 0) is 6.54 Å². The van der Waals surface area contributed by atoms with E-state index in [9.17, 15) is 0 Å². The van der Waals surface area contributed by atoms with Crippen LogP contribution in [0.2, 0.25) is 0 Å². The molecule has 1 heterocycles. The topological polar surface area (TPSA) is 4.93 Å². The molecule has 1 nitrogen and oxygen atoms in total.